The zero-order chi connectivity index (χ0) is 13.5. The SMILES string of the molecule is CC1CCC2(CC1)CSC(=NC1CCC(C)C1C)N2. The van der Waals surface area contributed by atoms with Gasteiger partial charge in [0.05, 0.1) is 6.04 Å². The van der Waals surface area contributed by atoms with Gasteiger partial charge in [-0.15, -0.1) is 0 Å². The Morgan fingerprint density at radius 1 is 1.11 bits per heavy atom. The average molecular weight is 280 g/mol. The van der Waals surface area contributed by atoms with Gasteiger partial charge in [0.25, 0.3) is 0 Å². The normalized spacial score (nSPS) is 48.9. The molecular formula is C16H28N2S. The van der Waals surface area contributed by atoms with Gasteiger partial charge in [-0.25, -0.2) is 0 Å². The number of thioether (sulfide) groups is 1. The van der Waals surface area contributed by atoms with Crippen LogP contribution in [0.4, 0.5) is 0 Å². The van der Waals surface area contributed by atoms with E-state index in [1.807, 2.05) is 11.8 Å². The van der Waals surface area contributed by atoms with E-state index < -0.39 is 0 Å². The fourth-order valence-corrected chi connectivity index (χ4v) is 5.10. The van der Waals surface area contributed by atoms with Crippen LogP contribution in [0.3, 0.4) is 0 Å². The van der Waals surface area contributed by atoms with E-state index in [9.17, 15) is 0 Å². The molecule has 3 heteroatoms. The first-order valence-corrected chi connectivity index (χ1v) is 9.05. The molecule has 1 saturated heterocycles. The van der Waals surface area contributed by atoms with Crippen molar-refractivity contribution in [3.63, 3.8) is 0 Å². The molecule has 0 aromatic carbocycles. The summed E-state index contributed by atoms with van der Waals surface area (Å²) in [5, 5.41) is 5.05. The first-order valence-electron chi connectivity index (χ1n) is 8.07. The predicted octanol–water partition coefficient (Wildman–Crippen LogP) is 4.06. The third kappa shape index (κ3) is 2.81. The number of hydrogen-bond donors (Lipinski definition) is 1. The van der Waals surface area contributed by atoms with Gasteiger partial charge in [-0.05, 0) is 56.3 Å². The molecule has 2 saturated carbocycles. The van der Waals surface area contributed by atoms with Crippen LogP contribution in [-0.4, -0.2) is 22.5 Å². The third-order valence-electron chi connectivity index (χ3n) is 5.79. The number of nitrogens with one attached hydrogen (secondary N) is 1. The first kappa shape index (κ1) is 13.8. The second-order valence-corrected chi connectivity index (χ2v) is 8.26. The summed E-state index contributed by atoms with van der Waals surface area (Å²) in [6.45, 7) is 7.15. The second-order valence-electron chi connectivity index (χ2n) is 7.29. The molecule has 1 heterocycles. The smallest absolute Gasteiger partial charge is 0.157 e. The Bertz CT molecular complexity index is 358. The third-order valence-corrected chi connectivity index (χ3v) is 6.97. The molecule has 0 amide bonds. The molecule has 1 spiro atoms. The van der Waals surface area contributed by atoms with Gasteiger partial charge in [0, 0.05) is 11.3 Å². The molecule has 3 atom stereocenters. The molecule has 2 nitrogen and oxygen atoms in total. The van der Waals surface area contributed by atoms with E-state index in [2.05, 4.69) is 26.1 Å². The van der Waals surface area contributed by atoms with Crippen molar-refractivity contribution in [2.45, 2.75) is 70.9 Å². The zero-order valence-electron chi connectivity index (χ0n) is 12.6. The molecule has 0 aromatic rings. The van der Waals surface area contributed by atoms with Crippen LogP contribution in [0.25, 0.3) is 0 Å². The van der Waals surface area contributed by atoms with Crippen LogP contribution in [0.5, 0.6) is 0 Å². The summed E-state index contributed by atoms with van der Waals surface area (Å²) in [7, 11) is 0. The zero-order valence-corrected chi connectivity index (χ0v) is 13.4. The van der Waals surface area contributed by atoms with Crippen molar-refractivity contribution in [2.75, 3.05) is 5.75 Å². The fraction of sp³-hybridized carbons (Fsp3) is 0.938. The lowest BCUT2D eigenvalue weighted by Crippen LogP contribution is -2.46. The number of aliphatic imine (C=N–C) groups is 1. The van der Waals surface area contributed by atoms with E-state index in [1.54, 1.807) is 0 Å². The summed E-state index contributed by atoms with van der Waals surface area (Å²) in [5.74, 6) is 3.78. The molecule has 3 unspecified atom stereocenters. The monoisotopic (exact) mass is 280 g/mol. The van der Waals surface area contributed by atoms with Crippen molar-refractivity contribution in [3.8, 4) is 0 Å². The second kappa shape index (κ2) is 5.31. The quantitative estimate of drug-likeness (QED) is 0.783. The van der Waals surface area contributed by atoms with Gasteiger partial charge >= 0.3 is 0 Å². The van der Waals surface area contributed by atoms with Gasteiger partial charge in [0.15, 0.2) is 5.17 Å². The minimum atomic E-state index is 0.392. The van der Waals surface area contributed by atoms with E-state index in [4.69, 9.17) is 4.99 Å². The number of amidine groups is 1. The molecular weight excluding hydrogens is 252 g/mol. The van der Waals surface area contributed by atoms with Crippen LogP contribution in [0.2, 0.25) is 0 Å². The van der Waals surface area contributed by atoms with Crippen LogP contribution in [0, 0.1) is 17.8 Å². The lowest BCUT2D eigenvalue weighted by Gasteiger charge is -2.35. The Hall–Kier alpha value is -0.180. The Kier molecular flexibility index (Phi) is 3.85. The maximum atomic E-state index is 5.04. The summed E-state index contributed by atoms with van der Waals surface area (Å²) in [6.07, 6.45) is 8.11. The van der Waals surface area contributed by atoms with Gasteiger partial charge in [0.2, 0.25) is 0 Å². The Morgan fingerprint density at radius 2 is 1.84 bits per heavy atom. The molecule has 19 heavy (non-hydrogen) atoms. The molecule has 0 bridgehead atoms. The largest absolute Gasteiger partial charge is 0.359 e. The average Bonchev–Trinajstić information content (AvgIpc) is 2.93. The van der Waals surface area contributed by atoms with Crippen LogP contribution >= 0.6 is 11.8 Å². The topological polar surface area (TPSA) is 24.4 Å². The number of hydrogen-bond acceptors (Lipinski definition) is 2. The van der Waals surface area contributed by atoms with E-state index in [1.165, 1.54) is 49.4 Å². The van der Waals surface area contributed by atoms with Crippen molar-refractivity contribution in [1.29, 1.82) is 0 Å². The van der Waals surface area contributed by atoms with Crippen LogP contribution < -0.4 is 5.32 Å². The highest BCUT2D eigenvalue weighted by atomic mass is 32.2. The number of rotatable bonds is 1. The van der Waals surface area contributed by atoms with Crippen molar-refractivity contribution < 1.29 is 0 Å². The van der Waals surface area contributed by atoms with Crippen molar-refractivity contribution >= 4 is 16.9 Å². The summed E-state index contributed by atoms with van der Waals surface area (Å²) in [4.78, 5) is 5.04. The van der Waals surface area contributed by atoms with E-state index in [-0.39, 0.29) is 0 Å². The Morgan fingerprint density at radius 3 is 2.47 bits per heavy atom. The summed E-state index contributed by atoms with van der Waals surface area (Å²) in [6, 6.07) is 0.572. The van der Waals surface area contributed by atoms with E-state index in [0.717, 1.165) is 17.8 Å². The highest BCUT2D eigenvalue weighted by Crippen LogP contribution is 2.39. The maximum Gasteiger partial charge on any atom is 0.157 e. The minimum Gasteiger partial charge on any atom is -0.359 e. The summed E-state index contributed by atoms with van der Waals surface area (Å²) in [5.41, 5.74) is 0.392. The van der Waals surface area contributed by atoms with E-state index >= 15 is 0 Å². The summed E-state index contributed by atoms with van der Waals surface area (Å²) >= 11 is 1.98. The minimum absolute atomic E-state index is 0.392. The number of nitrogens with zero attached hydrogens (tertiary/aromatic N) is 1. The van der Waals surface area contributed by atoms with E-state index in [0.29, 0.717) is 11.6 Å². The summed E-state index contributed by atoms with van der Waals surface area (Å²) < 4.78 is 0. The Balaban J connectivity index is 1.62. The van der Waals surface area contributed by atoms with Crippen LogP contribution in [-0.2, 0) is 0 Å². The van der Waals surface area contributed by atoms with Gasteiger partial charge < -0.3 is 5.32 Å². The van der Waals surface area contributed by atoms with Crippen molar-refractivity contribution in [1.82, 2.24) is 5.32 Å². The predicted molar refractivity (Wildman–Crippen MR) is 84.7 cm³/mol. The Labute approximate surface area is 122 Å². The van der Waals surface area contributed by atoms with Crippen LogP contribution in [0.15, 0.2) is 4.99 Å². The first-order chi connectivity index (χ1) is 9.08. The van der Waals surface area contributed by atoms with Crippen molar-refractivity contribution in [3.05, 3.63) is 0 Å². The molecule has 0 aromatic heterocycles. The molecule has 2 aliphatic carbocycles. The molecule has 3 aliphatic rings. The van der Waals surface area contributed by atoms with Gasteiger partial charge in [-0.1, -0.05) is 32.5 Å². The lowest BCUT2D eigenvalue weighted by atomic mass is 9.78. The lowest BCUT2D eigenvalue weighted by molar-refractivity contribution is 0.250. The van der Waals surface area contributed by atoms with Crippen molar-refractivity contribution in [2.24, 2.45) is 22.7 Å². The maximum absolute atomic E-state index is 5.04. The standard InChI is InChI=1S/C16H28N2S/c1-11-6-8-16(9-7-11)10-19-15(18-16)17-14-5-4-12(2)13(14)3/h11-14H,4-10H2,1-3H3,(H,17,18). The van der Waals surface area contributed by atoms with Gasteiger partial charge in [-0.2, -0.15) is 0 Å². The van der Waals surface area contributed by atoms with Crippen LogP contribution in [0.1, 0.15) is 59.3 Å². The highest BCUT2D eigenvalue weighted by Gasteiger charge is 2.40. The molecule has 0 radical (unpaired) electrons. The highest BCUT2D eigenvalue weighted by molar-refractivity contribution is 8.14. The fourth-order valence-electron chi connectivity index (χ4n) is 3.83. The van der Waals surface area contributed by atoms with Gasteiger partial charge in [-0.3, -0.25) is 4.99 Å². The molecule has 3 rings (SSSR count). The molecule has 1 aliphatic heterocycles. The molecule has 1 N–H and O–H groups in total. The molecule has 108 valence electrons. The van der Waals surface area contributed by atoms with Gasteiger partial charge in [0.1, 0.15) is 0 Å². The molecule has 3 fully saturated rings.